The zero-order valence-corrected chi connectivity index (χ0v) is 14.0. The second-order valence-corrected chi connectivity index (χ2v) is 7.38. The van der Waals surface area contributed by atoms with Crippen molar-refractivity contribution in [2.75, 3.05) is 33.7 Å². The third kappa shape index (κ3) is 3.59. The molecule has 0 aliphatic carbocycles. The number of rotatable bonds is 4. The van der Waals surface area contributed by atoms with E-state index in [4.69, 9.17) is 0 Å². The van der Waals surface area contributed by atoms with Gasteiger partial charge in [0.05, 0.1) is 15.2 Å². The number of carbonyl (C=O) groups is 2. The van der Waals surface area contributed by atoms with Crippen molar-refractivity contribution >= 4 is 39.1 Å². The predicted octanol–water partition coefficient (Wildman–Crippen LogP) is 1.40. The fourth-order valence-electron chi connectivity index (χ4n) is 2.18. The maximum Gasteiger partial charge on any atom is 0.264 e. The van der Waals surface area contributed by atoms with Gasteiger partial charge in [-0.1, -0.05) is 0 Å². The Hall–Kier alpha value is -0.920. The molecule has 2 amide bonds. The molecule has 2 rings (SSSR count). The molecule has 1 aliphatic rings. The van der Waals surface area contributed by atoms with E-state index in [-0.39, 0.29) is 24.4 Å². The van der Waals surface area contributed by atoms with Crippen molar-refractivity contribution in [1.82, 2.24) is 15.1 Å². The molecule has 110 valence electrons. The van der Waals surface area contributed by atoms with Crippen molar-refractivity contribution < 1.29 is 9.59 Å². The summed E-state index contributed by atoms with van der Waals surface area (Å²) in [6.07, 6.45) is 0.970. The molecule has 1 saturated heterocycles. The first-order valence-electron chi connectivity index (χ1n) is 6.46. The van der Waals surface area contributed by atoms with Crippen molar-refractivity contribution in [3.8, 4) is 0 Å². The van der Waals surface area contributed by atoms with Gasteiger partial charge in [-0.3, -0.25) is 9.59 Å². The van der Waals surface area contributed by atoms with E-state index >= 15 is 0 Å². The summed E-state index contributed by atoms with van der Waals surface area (Å²) in [5.41, 5.74) is 0. The highest BCUT2D eigenvalue weighted by Gasteiger charge is 2.25. The Morgan fingerprint density at radius 2 is 2.20 bits per heavy atom. The first kappa shape index (κ1) is 15.5. The lowest BCUT2D eigenvalue weighted by atomic mass is 10.2. The van der Waals surface area contributed by atoms with Crippen LogP contribution in [0.5, 0.6) is 0 Å². The van der Waals surface area contributed by atoms with E-state index in [2.05, 4.69) is 21.2 Å². The number of likely N-dealkylation sites (N-methyl/N-ethyl adjacent to an activating group) is 2. The van der Waals surface area contributed by atoms with Crippen molar-refractivity contribution in [1.29, 1.82) is 0 Å². The van der Waals surface area contributed by atoms with Gasteiger partial charge in [0.25, 0.3) is 5.91 Å². The monoisotopic (exact) mass is 359 g/mol. The molecular weight excluding hydrogens is 342 g/mol. The molecule has 1 aliphatic heterocycles. The van der Waals surface area contributed by atoms with Crippen LogP contribution in [0.15, 0.2) is 15.9 Å². The highest BCUT2D eigenvalue weighted by molar-refractivity contribution is 9.11. The van der Waals surface area contributed by atoms with Gasteiger partial charge in [-0.2, -0.15) is 0 Å². The minimum Gasteiger partial charge on any atom is -0.340 e. The summed E-state index contributed by atoms with van der Waals surface area (Å²) in [4.78, 5) is 28.2. The highest BCUT2D eigenvalue weighted by Crippen LogP contribution is 2.23. The van der Waals surface area contributed by atoms with Gasteiger partial charge in [-0.25, -0.2) is 0 Å². The van der Waals surface area contributed by atoms with Crippen LogP contribution < -0.4 is 5.32 Å². The van der Waals surface area contributed by atoms with E-state index < -0.39 is 0 Å². The topological polar surface area (TPSA) is 52.7 Å². The summed E-state index contributed by atoms with van der Waals surface area (Å²) in [5.74, 6) is -0.142. The number of amides is 2. The zero-order chi connectivity index (χ0) is 14.7. The standard InChI is InChI=1S/C13H18BrN3O2S/c1-16(13(19)10-3-4-11(14)20-10)8-12(18)17(2)9-5-6-15-7-9/h3-4,9,15H,5-8H2,1-2H3. The van der Waals surface area contributed by atoms with Crippen molar-refractivity contribution in [2.24, 2.45) is 0 Å². The Bertz CT molecular complexity index is 500. The van der Waals surface area contributed by atoms with Crippen LogP contribution >= 0.6 is 27.3 Å². The van der Waals surface area contributed by atoms with Gasteiger partial charge in [-0.15, -0.1) is 11.3 Å². The van der Waals surface area contributed by atoms with Crippen molar-refractivity contribution in [3.05, 3.63) is 20.8 Å². The maximum atomic E-state index is 12.2. The molecule has 1 atom stereocenters. The van der Waals surface area contributed by atoms with Crippen LogP contribution in [0.25, 0.3) is 0 Å². The Kier molecular flexibility index (Phi) is 5.17. The number of nitrogens with zero attached hydrogens (tertiary/aromatic N) is 2. The number of halogens is 1. The second-order valence-electron chi connectivity index (χ2n) is 4.92. The molecule has 1 unspecified atom stereocenters. The van der Waals surface area contributed by atoms with E-state index in [0.29, 0.717) is 4.88 Å². The number of hydrogen-bond donors (Lipinski definition) is 1. The number of thiophene rings is 1. The van der Waals surface area contributed by atoms with E-state index in [1.54, 1.807) is 25.1 Å². The van der Waals surface area contributed by atoms with Crippen LogP contribution in [-0.4, -0.2) is 61.4 Å². The fraction of sp³-hybridized carbons (Fsp3) is 0.538. The number of nitrogens with one attached hydrogen (secondary N) is 1. The molecule has 0 spiro atoms. The summed E-state index contributed by atoms with van der Waals surface area (Å²) in [5, 5.41) is 3.23. The summed E-state index contributed by atoms with van der Waals surface area (Å²) in [6.45, 7) is 1.89. The van der Waals surface area contributed by atoms with Crippen LogP contribution in [0.3, 0.4) is 0 Å². The van der Waals surface area contributed by atoms with Crippen LogP contribution in [0.1, 0.15) is 16.1 Å². The minimum absolute atomic E-state index is 0.0230. The largest absolute Gasteiger partial charge is 0.340 e. The molecule has 1 fully saturated rings. The predicted molar refractivity (Wildman–Crippen MR) is 83.0 cm³/mol. The molecule has 1 aromatic rings. The van der Waals surface area contributed by atoms with Crippen LogP contribution in [0, 0.1) is 0 Å². The van der Waals surface area contributed by atoms with Gasteiger partial charge in [-0.05, 0) is 41.0 Å². The first-order valence-corrected chi connectivity index (χ1v) is 8.07. The average Bonchev–Trinajstić information content (AvgIpc) is 3.07. The molecule has 1 aromatic heterocycles. The number of carbonyl (C=O) groups excluding carboxylic acids is 2. The van der Waals surface area contributed by atoms with Crippen LogP contribution in [-0.2, 0) is 4.79 Å². The zero-order valence-electron chi connectivity index (χ0n) is 11.6. The highest BCUT2D eigenvalue weighted by atomic mass is 79.9. The summed E-state index contributed by atoms with van der Waals surface area (Å²) < 4.78 is 0.912. The SMILES string of the molecule is CN(CC(=O)N(C)C1CCNC1)C(=O)c1ccc(Br)s1. The second kappa shape index (κ2) is 6.69. The molecule has 7 heteroatoms. The van der Waals surface area contributed by atoms with E-state index in [1.165, 1.54) is 16.2 Å². The molecule has 0 bridgehead atoms. The quantitative estimate of drug-likeness (QED) is 0.883. The third-order valence-electron chi connectivity index (χ3n) is 3.48. The lowest BCUT2D eigenvalue weighted by Crippen LogP contribution is -2.44. The molecule has 5 nitrogen and oxygen atoms in total. The van der Waals surface area contributed by atoms with Crippen molar-refractivity contribution in [3.63, 3.8) is 0 Å². The van der Waals surface area contributed by atoms with Gasteiger partial charge >= 0.3 is 0 Å². The Morgan fingerprint density at radius 3 is 2.75 bits per heavy atom. The fourth-order valence-corrected chi connectivity index (χ4v) is 3.56. The van der Waals surface area contributed by atoms with Gasteiger partial charge in [0.15, 0.2) is 0 Å². The molecule has 20 heavy (non-hydrogen) atoms. The summed E-state index contributed by atoms with van der Waals surface area (Å²) in [6, 6.07) is 3.84. The van der Waals surface area contributed by atoms with Gasteiger partial charge in [0.1, 0.15) is 0 Å². The van der Waals surface area contributed by atoms with Crippen molar-refractivity contribution in [2.45, 2.75) is 12.5 Å². The molecule has 0 radical (unpaired) electrons. The van der Waals surface area contributed by atoms with Crippen LogP contribution in [0.2, 0.25) is 0 Å². The summed E-state index contributed by atoms with van der Waals surface area (Å²) >= 11 is 4.71. The molecular formula is C13H18BrN3O2S. The Labute approximate surface area is 131 Å². The lowest BCUT2D eigenvalue weighted by Gasteiger charge is -2.26. The summed E-state index contributed by atoms with van der Waals surface area (Å²) in [7, 11) is 3.47. The van der Waals surface area contributed by atoms with Gasteiger partial charge < -0.3 is 15.1 Å². The minimum atomic E-state index is -0.119. The molecule has 2 heterocycles. The normalized spacial score (nSPS) is 18.1. The Morgan fingerprint density at radius 1 is 1.45 bits per heavy atom. The van der Waals surface area contributed by atoms with E-state index in [1.807, 2.05) is 6.07 Å². The smallest absolute Gasteiger partial charge is 0.264 e. The Balaban J connectivity index is 1.91. The van der Waals surface area contributed by atoms with Gasteiger partial charge in [0.2, 0.25) is 5.91 Å². The van der Waals surface area contributed by atoms with E-state index in [9.17, 15) is 9.59 Å². The lowest BCUT2D eigenvalue weighted by molar-refractivity contribution is -0.132. The first-order chi connectivity index (χ1) is 9.49. The number of hydrogen-bond acceptors (Lipinski definition) is 4. The molecule has 1 N–H and O–H groups in total. The maximum absolute atomic E-state index is 12.2. The molecule has 0 saturated carbocycles. The van der Waals surface area contributed by atoms with Crippen LogP contribution in [0.4, 0.5) is 0 Å². The third-order valence-corrected chi connectivity index (χ3v) is 5.09. The molecule has 0 aromatic carbocycles. The van der Waals surface area contributed by atoms with E-state index in [0.717, 1.165) is 23.3 Å². The van der Waals surface area contributed by atoms with Gasteiger partial charge in [0, 0.05) is 26.7 Å². The average molecular weight is 360 g/mol.